The van der Waals surface area contributed by atoms with Crippen LogP contribution in [0.5, 0.6) is 0 Å². The first-order valence-corrected chi connectivity index (χ1v) is 5.45. The third kappa shape index (κ3) is 63.2. The Morgan fingerprint density at radius 2 is 0.500 bits per heavy atom. The van der Waals surface area contributed by atoms with Crippen molar-refractivity contribution in [3.05, 3.63) is 0 Å². The molecule has 0 aliphatic carbocycles. The monoisotopic (exact) mass is 324 g/mol. The Morgan fingerprint density at radius 1 is 0.375 bits per heavy atom. The second-order valence-electron chi connectivity index (χ2n) is 2.79. The fourth-order valence-electron chi connectivity index (χ4n) is 0.354. The van der Waals surface area contributed by atoms with Crippen LogP contribution in [0.2, 0.25) is 0 Å². The second kappa shape index (κ2) is 36.1. The Bertz CT molecular complexity index is 56.8. The minimum atomic E-state index is 0. The van der Waals surface area contributed by atoms with Crippen molar-refractivity contribution in [2.45, 2.75) is 19.3 Å². The van der Waals surface area contributed by atoms with Crippen molar-refractivity contribution in [3.63, 3.8) is 0 Å². The Labute approximate surface area is 113 Å². The molecule has 0 saturated carbocycles. The average molecular weight is 323 g/mol. The van der Waals surface area contributed by atoms with Crippen LogP contribution >= 0.6 is 0 Å². The second-order valence-corrected chi connectivity index (χ2v) is 2.79. The van der Waals surface area contributed by atoms with E-state index in [4.69, 9.17) is 34.4 Å². The van der Waals surface area contributed by atoms with Crippen LogP contribution in [0.3, 0.4) is 0 Å². The molecule has 0 aromatic rings. The average Bonchev–Trinajstić information content (AvgIpc) is 2.23. The van der Waals surface area contributed by atoms with Gasteiger partial charge in [-0.3, -0.25) is 0 Å². The van der Waals surface area contributed by atoms with Crippen molar-refractivity contribution < 1.29 is 19.5 Å². The van der Waals surface area contributed by atoms with Crippen molar-refractivity contribution in [3.8, 4) is 0 Å². The van der Waals surface area contributed by atoms with Crippen LogP contribution < -0.4 is 34.4 Å². The molecule has 0 aliphatic heterocycles. The molecule has 0 fully saturated rings. The number of hydrogen-bond donors (Lipinski definition) is 6. The zero-order chi connectivity index (χ0) is 12.4. The summed E-state index contributed by atoms with van der Waals surface area (Å²) in [5, 5.41) is 0. The van der Waals surface area contributed by atoms with Gasteiger partial charge in [0, 0.05) is 19.5 Å². The number of rotatable bonds is 6. The Morgan fingerprint density at radius 3 is 0.500 bits per heavy atom. The van der Waals surface area contributed by atoms with E-state index in [1.807, 2.05) is 0 Å². The van der Waals surface area contributed by atoms with Crippen molar-refractivity contribution in [1.29, 1.82) is 0 Å². The quantitative estimate of drug-likeness (QED) is 0.307. The van der Waals surface area contributed by atoms with Gasteiger partial charge in [0.1, 0.15) is 0 Å². The molecule has 0 radical (unpaired) electrons. The predicted molar refractivity (Wildman–Crippen MR) is 68.2 cm³/mol. The van der Waals surface area contributed by atoms with Crippen LogP contribution in [0.25, 0.3) is 0 Å². The fourth-order valence-corrected chi connectivity index (χ4v) is 0.354. The summed E-state index contributed by atoms with van der Waals surface area (Å²) in [6.07, 6.45) is 2.83. The Balaban J connectivity index is -0.0000000655. The van der Waals surface area contributed by atoms with Gasteiger partial charge in [0.05, 0.1) is 0 Å². The van der Waals surface area contributed by atoms with E-state index in [2.05, 4.69) is 0 Å². The summed E-state index contributed by atoms with van der Waals surface area (Å²) in [5.74, 6) is 0. The molecule has 0 atom stereocenters. The van der Waals surface area contributed by atoms with Crippen LogP contribution in [0.15, 0.2) is 0 Å². The van der Waals surface area contributed by atoms with Crippen LogP contribution in [-0.2, 0) is 19.5 Å². The molecule has 7 heteroatoms. The number of hydrogen-bond acceptors (Lipinski definition) is 6. The summed E-state index contributed by atoms with van der Waals surface area (Å²) in [6, 6.07) is 0. The molecule has 0 aromatic heterocycles. The minimum absolute atomic E-state index is 0. The summed E-state index contributed by atoms with van der Waals surface area (Å²) in [5.41, 5.74) is 30.4. The molecule has 0 amide bonds. The molecule has 0 rings (SSSR count). The van der Waals surface area contributed by atoms with E-state index in [1.165, 1.54) is 0 Å². The molecule has 0 aromatic carbocycles. The van der Waals surface area contributed by atoms with E-state index in [0.29, 0.717) is 0 Å². The third-order valence-electron chi connectivity index (χ3n) is 1.22. The topological polar surface area (TPSA) is 156 Å². The SMILES string of the molecule is NCCCN.NCCCN.NCCCN.[Ru]. The summed E-state index contributed by atoms with van der Waals surface area (Å²) in [4.78, 5) is 0. The first-order chi connectivity index (χ1) is 7.24. The molecule has 0 aliphatic rings. The first-order valence-electron chi connectivity index (χ1n) is 5.45. The van der Waals surface area contributed by atoms with E-state index in [9.17, 15) is 0 Å². The molecular weight excluding hydrogens is 293 g/mol. The van der Waals surface area contributed by atoms with Gasteiger partial charge >= 0.3 is 0 Å². The van der Waals surface area contributed by atoms with E-state index < -0.39 is 0 Å². The van der Waals surface area contributed by atoms with Crippen molar-refractivity contribution in [2.24, 2.45) is 34.4 Å². The van der Waals surface area contributed by atoms with Gasteiger partial charge < -0.3 is 34.4 Å². The molecule has 6 nitrogen and oxygen atoms in total. The van der Waals surface area contributed by atoms with E-state index in [1.54, 1.807) is 0 Å². The van der Waals surface area contributed by atoms with Gasteiger partial charge in [-0.2, -0.15) is 0 Å². The Kier molecular flexibility index (Phi) is 57.1. The summed E-state index contributed by atoms with van der Waals surface area (Å²) in [7, 11) is 0. The van der Waals surface area contributed by atoms with Crippen LogP contribution in [0, 0.1) is 0 Å². The van der Waals surface area contributed by atoms with Crippen molar-refractivity contribution in [1.82, 2.24) is 0 Å². The zero-order valence-corrected chi connectivity index (χ0v) is 11.9. The fraction of sp³-hybridized carbons (Fsp3) is 1.00. The number of nitrogens with two attached hydrogens (primary N) is 6. The maximum Gasteiger partial charge on any atom is 0 e. The van der Waals surface area contributed by atoms with Gasteiger partial charge in [0.25, 0.3) is 0 Å². The molecule has 0 unspecified atom stereocenters. The third-order valence-corrected chi connectivity index (χ3v) is 1.22. The van der Waals surface area contributed by atoms with Crippen molar-refractivity contribution in [2.75, 3.05) is 39.3 Å². The summed E-state index contributed by atoms with van der Waals surface area (Å²) >= 11 is 0. The smallest absolute Gasteiger partial charge is 0 e. The van der Waals surface area contributed by atoms with Gasteiger partial charge in [-0.05, 0) is 58.5 Å². The van der Waals surface area contributed by atoms with E-state index >= 15 is 0 Å². The molecule has 0 bridgehead atoms. The first kappa shape index (κ1) is 25.3. The standard InChI is InChI=1S/3C3H10N2.Ru/c3*4-2-1-3-5;/h3*1-5H2;. The maximum atomic E-state index is 5.06. The van der Waals surface area contributed by atoms with Crippen molar-refractivity contribution >= 4 is 0 Å². The molecular formula is C9H30N6Ru. The molecule has 0 heterocycles. The van der Waals surface area contributed by atoms with Gasteiger partial charge in [-0.1, -0.05) is 0 Å². The molecule has 0 saturated heterocycles. The molecule has 12 N–H and O–H groups in total. The predicted octanol–water partition coefficient (Wildman–Crippen LogP) is -2.12. The normalized spacial score (nSPS) is 7.88. The van der Waals surface area contributed by atoms with Crippen LogP contribution in [0.1, 0.15) is 19.3 Å². The molecule has 104 valence electrons. The van der Waals surface area contributed by atoms with Gasteiger partial charge in [-0.25, -0.2) is 0 Å². The van der Waals surface area contributed by atoms with Crippen LogP contribution in [-0.4, -0.2) is 39.3 Å². The summed E-state index contributed by atoms with van der Waals surface area (Å²) in [6.45, 7) is 4.31. The minimum Gasteiger partial charge on any atom is -0.330 e. The molecule has 0 spiro atoms. The largest absolute Gasteiger partial charge is 0.330 e. The molecule has 16 heavy (non-hydrogen) atoms. The maximum absolute atomic E-state index is 5.06. The van der Waals surface area contributed by atoms with Gasteiger partial charge in [0.15, 0.2) is 0 Å². The van der Waals surface area contributed by atoms with Crippen LogP contribution in [0.4, 0.5) is 0 Å². The zero-order valence-electron chi connectivity index (χ0n) is 10.2. The Hall–Kier alpha value is 0.383. The van der Waals surface area contributed by atoms with E-state index in [-0.39, 0.29) is 19.5 Å². The van der Waals surface area contributed by atoms with Gasteiger partial charge in [-0.15, -0.1) is 0 Å². The summed E-state index contributed by atoms with van der Waals surface area (Å²) < 4.78 is 0. The van der Waals surface area contributed by atoms with Gasteiger partial charge in [0.2, 0.25) is 0 Å². The van der Waals surface area contributed by atoms with E-state index in [0.717, 1.165) is 58.5 Å².